The van der Waals surface area contributed by atoms with Crippen molar-refractivity contribution in [2.75, 3.05) is 0 Å². The Labute approximate surface area is 148 Å². The Balaban J connectivity index is 1.75. The van der Waals surface area contributed by atoms with Gasteiger partial charge in [-0.1, -0.05) is 45.0 Å². The van der Waals surface area contributed by atoms with Crippen LogP contribution >= 0.6 is 0 Å². The van der Waals surface area contributed by atoms with Crippen LogP contribution in [0, 0.1) is 0 Å². The van der Waals surface area contributed by atoms with Crippen molar-refractivity contribution < 1.29 is 4.79 Å². The quantitative estimate of drug-likeness (QED) is 0.736. The molecule has 2 atom stereocenters. The van der Waals surface area contributed by atoms with Crippen LogP contribution in [0.5, 0.6) is 0 Å². The van der Waals surface area contributed by atoms with E-state index in [0.717, 1.165) is 18.4 Å². The minimum Gasteiger partial charge on any atom is -0.344 e. The van der Waals surface area contributed by atoms with Crippen molar-refractivity contribution in [2.24, 2.45) is 0 Å². The van der Waals surface area contributed by atoms with Gasteiger partial charge in [0, 0.05) is 18.5 Å². The third-order valence-corrected chi connectivity index (χ3v) is 4.70. The molecule has 3 rings (SSSR count). The minimum atomic E-state index is -0.177. The highest BCUT2D eigenvalue weighted by atomic mass is 16.2. The zero-order chi connectivity index (χ0) is 17.8. The summed E-state index contributed by atoms with van der Waals surface area (Å²) in [4.78, 5) is 16.8. The van der Waals surface area contributed by atoms with Crippen molar-refractivity contribution >= 4 is 11.6 Å². The van der Waals surface area contributed by atoms with Crippen LogP contribution in [0.4, 0.5) is 0 Å². The number of aromatic nitrogens is 3. The van der Waals surface area contributed by atoms with Crippen molar-refractivity contribution in [3.63, 3.8) is 0 Å². The number of benzene rings is 1. The summed E-state index contributed by atoms with van der Waals surface area (Å²) in [7, 11) is 0. The lowest BCUT2D eigenvalue weighted by Gasteiger charge is -2.18. The molecular formula is C20H24N4O. The van der Waals surface area contributed by atoms with E-state index in [2.05, 4.69) is 60.4 Å². The molecule has 0 aliphatic rings. The molecule has 0 aliphatic carbocycles. The highest BCUT2D eigenvalue weighted by Gasteiger charge is 2.17. The van der Waals surface area contributed by atoms with Crippen LogP contribution in [0.3, 0.4) is 0 Å². The van der Waals surface area contributed by atoms with Crippen molar-refractivity contribution in [1.82, 2.24) is 19.9 Å². The molecule has 0 saturated heterocycles. The average Bonchev–Trinajstić information content (AvgIpc) is 3.10. The number of hydrogen-bond acceptors (Lipinski definition) is 3. The first-order valence-electron chi connectivity index (χ1n) is 8.83. The predicted molar refractivity (Wildman–Crippen MR) is 98.6 cm³/mol. The fourth-order valence-electron chi connectivity index (χ4n) is 2.89. The van der Waals surface area contributed by atoms with E-state index in [9.17, 15) is 4.79 Å². The first-order valence-corrected chi connectivity index (χ1v) is 8.83. The summed E-state index contributed by atoms with van der Waals surface area (Å²) in [6, 6.07) is 12.0. The zero-order valence-corrected chi connectivity index (χ0v) is 14.9. The second kappa shape index (κ2) is 7.47. The smallest absolute Gasteiger partial charge is 0.272 e. The molecule has 1 amide bonds. The maximum absolute atomic E-state index is 12.6. The van der Waals surface area contributed by atoms with E-state index in [0.29, 0.717) is 17.3 Å². The number of fused-ring (bicyclic) bond motifs is 1. The first kappa shape index (κ1) is 17.1. The molecule has 2 unspecified atom stereocenters. The van der Waals surface area contributed by atoms with Gasteiger partial charge in [-0.05, 0) is 36.0 Å². The van der Waals surface area contributed by atoms with Gasteiger partial charge in [0.1, 0.15) is 0 Å². The number of rotatable bonds is 6. The van der Waals surface area contributed by atoms with Crippen LogP contribution in [0.2, 0.25) is 0 Å². The molecule has 1 N–H and O–H groups in total. The van der Waals surface area contributed by atoms with Gasteiger partial charge in [-0.2, -0.15) is 5.10 Å². The second-order valence-corrected chi connectivity index (χ2v) is 6.36. The van der Waals surface area contributed by atoms with Crippen LogP contribution in [-0.2, 0) is 0 Å². The van der Waals surface area contributed by atoms with Crippen molar-refractivity contribution in [1.29, 1.82) is 0 Å². The van der Waals surface area contributed by atoms with Crippen LogP contribution in [-0.4, -0.2) is 20.5 Å². The standard InChI is InChI=1S/C20H24N4O/c1-4-14(3)15-7-9-16(10-8-15)17(5-2)22-20(25)18-13-19-21-11-6-12-24(19)23-18/h6-14,17H,4-5H2,1-3H3,(H,22,25). The van der Waals surface area contributed by atoms with Crippen LogP contribution < -0.4 is 5.32 Å². The lowest BCUT2D eigenvalue weighted by molar-refractivity contribution is 0.0930. The predicted octanol–water partition coefficient (Wildman–Crippen LogP) is 4.12. The van der Waals surface area contributed by atoms with Crippen LogP contribution in [0.25, 0.3) is 5.65 Å². The summed E-state index contributed by atoms with van der Waals surface area (Å²) in [6.45, 7) is 6.49. The summed E-state index contributed by atoms with van der Waals surface area (Å²) in [6.07, 6.45) is 5.41. The van der Waals surface area contributed by atoms with Gasteiger partial charge in [0.2, 0.25) is 0 Å². The van der Waals surface area contributed by atoms with Gasteiger partial charge in [-0.15, -0.1) is 0 Å². The van der Waals surface area contributed by atoms with Crippen molar-refractivity contribution in [3.05, 3.63) is 65.6 Å². The number of carbonyl (C=O) groups excluding carboxylic acids is 1. The topological polar surface area (TPSA) is 59.3 Å². The molecule has 0 spiro atoms. The summed E-state index contributed by atoms with van der Waals surface area (Å²) in [5, 5.41) is 7.36. The molecule has 5 nitrogen and oxygen atoms in total. The van der Waals surface area contributed by atoms with E-state index in [-0.39, 0.29) is 11.9 Å². The third kappa shape index (κ3) is 3.71. The molecule has 0 aliphatic heterocycles. The van der Waals surface area contributed by atoms with Gasteiger partial charge >= 0.3 is 0 Å². The average molecular weight is 336 g/mol. The maximum Gasteiger partial charge on any atom is 0.272 e. The van der Waals surface area contributed by atoms with Gasteiger partial charge < -0.3 is 5.32 Å². The summed E-state index contributed by atoms with van der Waals surface area (Å²) in [5.41, 5.74) is 3.50. The molecule has 2 aromatic heterocycles. The Morgan fingerprint density at radius 2 is 1.88 bits per heavy atom. The molecule has 0 saturated carbocycles. The normalized spacial score (nSPS) is 13.6. The van der Waals surface area contributed by atoms with Crippen molar-refractivity contribution in [2.45, 2.75) is 45.6 Å². The first-order chi connectivity index (χ1) is 12.1. The Bertz CT molecular complexity index is 821. The summed E-state index contributed by atoms with van der Waals surface area (Å²) >= 11 is 0. The van der Waals surface area contributed by atoms with Crippen LogP contribution in [0.1, 0.15) is 67.2 Å². The van der Waals surface area contributed by atoms with E-state index in [1.54, 1.807) is 29.0 Å². The van der Waals surface area contributed by atoms with E-state index < -0.39 is 0 Å². The molecule has 3 aromatic rings. The molecule has 1 aromatic carbocycles. The SMILES string of the molecule is CCC(C)c1ccc(C(CC)NC(=O)c2cc3ncccn3n2)cc1. The Morgan fingerprint density at radius 3 is 2.52 bits per heavy atom. The molecule has 0 bridgehead atoms. The highest BCUT2D eigenvalue weighted by Crippen LogP contribution is 2.23. The number of hydrogen-bond donors (Lipinski definition) is 1. The number of amides is 1. The van der Waals surface area contributed by atoms with Gasteiger partial charge in [0.05, 0.1) is 6.04 Å². The monoisotopic (exact) mass is 336 g/mol. The fraction of sp³-hybridized carbons (Fsp3) is 0.350. The van der Waals surface area contributed by atoms with Gasteiger partial charge in [0.25, 0.3) is 5.91 Å². The lowest BCUT2D eigenvalue weighted by Crippen LogP contribution is -2.28. The molecule has 0 radical (unpaired) electrons. The third-order valence-electron chi connectivity index (χ3n) is 4.70. The van der Waals surface area contributed by atoms with Crippen LogP contribution in [0.15, 0.2) is 48.8 Å². The Kier molecular flexibility index (Phi) is 5.12. The number of nitrogens with zero attached hydrogens (tertiary/aromatic N) is 3. The van der Waals surface area contributed by atoms with Gasteiger partial charge in [0.15, 0.2) is 11.3 Å². The second-order valence-electron chi connectivity index (χ2n) is 6.36. The lowest BCUT2D eigenvalue weighted by atomic mass is 9.95. The number of carbonyl (C=O) groups is 1. The molecule has 0 fully saturated rings. The Hall–Kier alpha value is -2.69. The Morgan fingerprint density at radius 1 is 1.16 bits per heavy atom. The minimum absolute atomic E-state index is 0.0312. The van der Waals surface area contributed by atoms with Crippen molar-refractivity contribution in [3.8, 4) is 0 Å². The fourth-order valence-corrected chi connectivity index (χ4v) is 2.89. The summed E-state index contributed by atoms with van der Waals surface area (Å²) in [5.74, 6) is 0.373. The molecule has 2 heterocycles. The van der Waals surface area contributed by atoms with E-state index in [1.807, 2.05) is 0 Å². The van der Waals surface area contributed by atoms with E-state index in [1.165, 1.54) is 5.56 Å². The van der Waals surface area contributed by atoms with E-state index >= 15 is 0 Å². The molecule has 5 heteroatoms. The summed E-state index contributed by atoms with van der Waals surface area (Å²) < 4.78 is 1.61. The largest absolute Gasteiger partial charge is 0.344 e. The van der Waals surface area contributed by atoms with Gasteiger partial charge in [-0.25, -0.2) is 9.50 Å². The molecule has 130 valence electrons. The maximum atomic E-state index is 12.6. The number of nitrogens with one attached hydrogen (secondary N) is 1. The molecular weight excluding hydrogens is 312 g/mol. The zero-order valence-electron chi connectivity index (χ0n) is 14.9. The highest BCUT2D eigenvalue weighted by molar-refractivity contribution is 5.93. The van der Waals surface area contributed by atoms with Gasteiger partial charge in [-0.3, -0.25) is 4.79 Å². The molecule has 25 heavy (non-hydrogen) atoms. The van der Waals surface area contributed by atoms with E-state index in [4.69, 9.17) is 0 Å².